The van der Waals surface area contributed by atoms with Gasteiger partial charge < -0.3 is 10.6 Å². The van der Waals surface area contributed by atoms with E-state index < -0.39 is 0 Å². The smallest absolute Gasteiger partial charge is 0.324 e. The van der Waals surface area contributed by atoms with Gasteiger partial charge in [-0.25, -0.2) is 9.48 Å². The number of nitrogens with zero attached hydrogens (tertiary/aromatic N) is 4. The second-order valence-electron chi connectivity index (χ2n) is 12.7. The molecule has 1 saturated heterocycles. The van der Waals surface area contributed by atoms with E-state index in [1.807, 2.05) is 62.4 Å². The van der Waals surface area contributed by atoms with Gasteiger partial charge in [-0.3, -0.25) is 20.0 Å². The molecule has 1 atom stereocenters. The Morgan fingerprint density at radius 2 is 1.73 bits per heavy atom. The van der Waals surface area contributed by atoms with E-state index in [0.29, 0.717) is 18.1 Å². The molecular weight excluding hydrogens is 562 g/mol. The third kappa shape index (κ3) is 6.44. The summed E-state index contributed by atoms with van der Waals surface area (Å²) in [6.45, 7) is 12.4. The van der Waals surface area contributed by atoms with Gasteiger partial charge in [-0.1, -0.05) is 75.4 Å². The maximum absolute atomic E-state index is 13.4. The fraction of sp³-hybridized carbons (Fsp3) is 0.278. The lowest BCUT2D eigenvalue weighted by atomic mass is 9.92. The van der Waals surface area contributed by atoms with Gasteiger partial charge in [-0.05, 0) is 54.1 Å². The SMILES string of the molecule is Cc1ccc(-n2nc(C(C)(C)C)cc2NC(=O)Nc2ccc(-c3ccc(CN4CCNC(=O)C4C)cc3)c3ccccc23)cn1. The monoisotopic (exact) mass is 601 g/mol. The maximum Gasteiger partial charge on any atom is 0.324 e. The highest BCUT2D eigenvalue weighted by molar-refractivity contribution is 6.09. The van der Waals surface area contributed by atoms with E-state index in [1.165, 1.54) is 0 Å². The lowest BCUT2D eigenvalue weighted by molar-refractivity contribution is -0.128. The van der Waals surface area contributed by atoms with Crippen LogP contribution >= 0.6 is 0 Å². The lowest BCUT2D eigenvalue weighted by Crippen LogP contribution is -2.53. The molecule has 9 heteroatoms. The number of pyridine rings is 1. The van der Waals surface area contributed by atoms with Crippen LogP contribution < -0.4 is 16.0 Å². The highest BCUT2D eigenvalue weighted by Crippen LogP contribution is 2.34. The number of benzene rings is 3. The number of carbonyl (C=O) groups excluding carboxylic acids is 2. The Labute approximate surface area is 263 Å². The van der Waals surface area contributed by atoms with Crippen LogP contribution in [0.4, 0.5) is 16.3 Å². The van der Waals surface area contributed by atoms with Crippen molar-refractivity contribution in [2.24, 2.45) is 0 Å². The first-order chi connectivity index (χ1) is 21.6. The number of fused-ring (bicyclic) bond motifs is 1. The molecule has 3 N–H and O–H groups in total. The molecule has 1 aliphatic heterocycles. The van der Waals surface area contributed by atoms with Crippen LogP contribution in [-0.4, -0.2) is 50.7 Å². The van der Waals surface area contributed by atoms with Gasteiger partial charge in [-0.2, -0.15) is 5.10 Å². The molecule has 1 unspecified atom stereocenters. The molecule has 3 heterocycles. The Hall–Kier alpha value is -5.02. The van der Waals surface area contributed by atoms with Crippen molar-refractivity contribution in [1.29, 1.82) is 0 Å². The summed E-state index contributed by atoms with van der Waals surface area (Å²) in [5, 5.41) is 15.8. The third-order valence-corrected chi connectivity index (χ3v) is 8.31. The van der Waals surface area contributed by atoms with Crippen molar-refractivity contribution < 1.29 is 9.59 Å². The van der Waals surface area contributed by atoms with Gasteiger partial charge in [0, 0.05) is 42.2 Å². The van der Waals surface area contributed by atoms with Crippen molar-refractivity contribution in [2.75, 3.05) is 23.7 Å². The first kappa shape index (κ1) is 30.0. The molecule has 9 nitrogen and oxygen atoms in total. The van der Waals surface area contributed by atoms with Gasteiger partial charge in [0.25, 0.3) is 0 Å². The molecule has 230 valence electrons. The Bertz CT molecular complexity index is 1850. The topological polar surface area (TPSA) is 104 Å². The number of rotatable bonds is 6. The average molecular weight is 602 g/mol. The van der Waals surface area contributed by atoms with Gasteiger partial charge in [0.1, 0.15) is 5.82 Å². The van der Waals surface area contributed by atoms with Gasteiger partial charge in [-0.15, -0.1) is 0 Å². The van der Waals surface area contributed by atoms with E-state index in [4.69, 9.17) is 5.10 Å². The number of amides is 3. The lowest BCUT2D eigenvalue weighted by Gasteiger charge is -2.32. The van der Waals surface area contributed by atoms with Gasteiger partial charge in [0.15, 0.2) is 0 Å². The second-order valence-corrected chi connectivity index (χ2v) is 12.7. The molecule has 0 spiro atoms. The summed E-state index contributed by atoms with van der Waals surface area (Å²) in [6, 6.07) is 25.8. The predicted octanol–water partition coefficient (Wildman–Crippen LogP) is 6.66. The minimum atomic E-state index is -0.362. The summed E-state index contributed by atoms with van der Waals surface area (Å²) in [7, 11) is 0. The summed E-state index contributed by atoms with van der Waals surface area (Å²) in [4.78, 5) is 32.1. The number of carbonyl (C=O) groups is 2. The highest BCUT2D eigenvalue weighted by Gasteiger charge is 2.25. The normalized spacial score (nSPS) is 15.6. The van der Waals surface area contributed by atoms with E-state index in [0.717, 1.165) is 57.6 Å². The van der Waals surface area contributed by atoms with Gasteiger partial charge in [0.2, 0.25) is 5.91 Å². The molecule has 1 aliphatic rings. The molecule has 3 amide bonds. The van der Waals surface area contributed by atoms with Crippen LogP contribution in [0.1, 0.15) is 44.6 Å². The maximum atomic E-state index is 13.4. The Kier molecular flexibility index (Phi) is 8.12. The van der Waals surface area contributed by atoms with Crippen LogP contribution in [0.25, 0.3) is 27.6 Å². The number of anilines is 2. The summed E-state index contributed by atoms with van der Waals surface area (Å²) in [5.41, 5.74) is 6.36. The highest BCUT2D eigenvalue weighted by atomic mass is 16.2. The van der Waals surface area contributed by atoms with Crippen LogP contribution in [0.5, 0.6) is 0 Å². The molecule has 0 saturated carbocycles. The summed E-state index contributed by atoms with van der Waals surface area (Å²) >= 11 is 0. The van der Waals surface area contributed by atoms with Crippen molar-refractivity contribution in [3.05, 3.63) is 102 Å². The number of piperazine rings is 1. The van der Waals surface area contributed by atoms with Crippen LogP contribution in [0.3, 0.4) is 0 Å². The number of aromatic nitrogens is 3. The standard InChI is InChI=1S/C36H39N7O2/c1-23-10-15-27(21-38-23)43-33(20-32(41-43)36(3,4)5)40-35(45)39-31-17-16-28(29-8-6-7-9-30(29)31)26-13-11-25(12-14-26)22-42-19-18-37-34(44)24(42)2/h6-17,20-21,24H,18-19,22H2,1-5H3,(H,37,44)(H2,39,40,45). The quantitative estimate of drug-likeness (QED) is 0.202. The van der Waals surface area contributed by atoms with Crippen LogP contribution in [0.2, 0.25) is 0 Å². The number of nitrogens with one attached hydrogen (secondary N) is 3. The molecule has 0 bridgehead atoms. The first-order valence-corrected chi connectivity index (χ1v) is 15.3. The Balaban J connectivity index is 1.23. The van der Waals surface area contributed by atoms with Crippen molar-refractivity contribution in [2.45, 2.75) is 52.6 Å². The van der Waals surface area contributed by atoms with Crippen molar-refractivity contribution >= 4 is 34.2 Å². The van der Waals surface area contributed by atoms with E-state index in [1.54, 1.807) is 10.9 Å². The molecule has 0 radical (unpaired) electrons. The summed E-state index contributed by atoms with van der Waals surface area (Å²) < 4.78 is 1.72. The van der Waals surface area contributed by atoms with Crippen molar-refractivity contribution in [3.8, 4) is 16.8 Å². The van der Waals surface area contributed by atoms with E-state index in [9.17, 15) is 9.59 Å². The van der Waals surface area contributed by atoms with Crippen molar-refractivity contribution in [1.82, 2.24) is 25.0 Å². The zero-order valence-corrected chi connectivity index (χ0v) is 26.4. The van der Waals surface area contributed by atoms with Gasteiger partial charge >= 0.3 is 6.03 Å². The van der Waals surface area contributed by atoms with Crippen LogP contribution in [0.15, 0.2) is 85.1 Å². The van der Waals surface area contributed by atoms with E-state index >= 15 is 0 Å². The number of aryl methyl sites for hydroxylation is 1. The molecule has 6 rings (SSSR count). The zero-order valence-electron chi connectivity index (χ0n) is 26.4. The average Bonchev–Trinajstić information content (AvgIpc) is 3.45. The van der Waals surface area contributed by atoms with Gasteiger partial charge in [0.05, 0.1) is 29.3 Å². The molecule has 5 aromatic rings. The number of urea groups is 1. The Morgan fingerprint density at radius 3 is 2.44 bits per heavy atom. The molecule has 3 aromatic carbocycles. The minimum Gasteiger partial charge on any atom is -0.353 e. The summed E-state index contributed by atoms with van der Waals surface area (Å²) in [6.07, 6.45) is 1.75. The third-order valence-electron chi connectivity index (χ3n) is 8.31. The molecule has 2 aromatic heterocycles. The van der Waals surface area contributed by atoms with Crippen LogP contribution in [0, 0.1) is 6.92 Å². The minimum absolute atomic E-state index is 0.0792. The molecule has 0 aliphatic carbocycles. The van der Waals surface area contributed by atoms with Crippen molar-refractivity contribution in [3.63, 3.8) is 0 Å². The number of hydrogen-bond acceptors (Lipinski definition) is 5. The van der Waals surface area contributed by atoms with E-state index in [-0.39, 0.29) is 23.4 Å². The molecule has 45 heavy (non-hydrogen) atoms. The predicted molar refractivity (Wildman–Crippen MR) is 180 cm³/mol. The number of hydrogen-bond donors (Lipinski definition) is 3. The summed E-state index contributed by atoms with van der Waals surface area (Å²) in [5.74, 6) is 0.638. The Morgan fingerprint density at radius 1 is 0.978 bits per heavy atom. The van der Waals surface area contributed by atoms with Crippen LogP contribution in [-0.2, 0) is 16.8 Å². The fourth-order valence-corrected chi connectivity index (χ4v) is 5.62. The first-order valence-electron chi connectivity index (χ1n) is 15.3. The van der Waals surface area contributed by atoms with E-state index in [2.05, 4.69) is 76.9 Å². The largest absolute Gasteiger partial charge is 0.353 e. The fourth-order valence-electron chi connectivity index (χ4n) is 5.62. The molecular formula is C36H39N7O2. The molecule has 1 fully saturated rings. The second kappa shape index (κ2) is 12.2. The zero-order chi connectivity index (χ0) is 31.7.